The molecule has 1 N–H and O–H groups in total. The van der Waals surface area contributed by atoms with Crippen LogP contribution in [0.1, 0.15) is 43.2 Å². The van der Waals surface area contributed by atoms with Gasteiger partial charge in [-0.1, -0.05) is 60.9 Å². The van der Waals surface area contributed by atoms with E-state index < -0.39 is 0 Å². The second-order valence-electron chi connectivity index (χ2n) is 5.42. The minimum absolute atomic E-state index is 0.0779. The number of carbonyl (C=O) groups excluding carboxylic acids is 1. The van der Waals surface area contributed by atoms with E-state index in [-0.39, 0.29) is 5.91 Å². The van der Waals surface area contributed by atoms with Gasteiger partial charge in [-0.05, 0) is 24.1 Å². The summed E-state index contributed by atoms with van der Waals surface area (Å²) in [6.07, 6.45) is 2.18. The fourth-order valence-corrected chi connectivity index (χ4v) is 4.03. The molecule has 0 aliphatic rings. The van der Waals surface area contributed by atoms with Crippen molar-refractivity contribution in [2.24, 2.45) is 0 Å². The molecule has 8 heteroatoms. The molecule has 0 aliphatic heterocycles. The number of hydrogen-bond acceptors (Lipinski definition) is 5. The van der Waals surface area contributed by atoms with Gasteiger partial charge in [0.1, 0.15) is 5.01 Å². The second-order valence-corrected chi connectivity index (χ2v) is 8.23. The standard InChI is InChI=1S/C16H19Cl2N3OS2/c1-3-4-10(2)15-20-21-16(24-15)19-14(22)9-23-8-11-5-6-12(17)13(18)7-11/h5-7,10H,3-4,8-9H2,1-2H3,(H,19,21,22). The predicted octanol–water partition coefficient (Wildman–Crippen LogP) is 5.62. The van der Waals surface area contributed by atoms with Crippen molar-refractivity contribution in [3.8, 4) is 0 Å². The molecule has 130 valence electrons. The normalized spacial score (nSPS) is 12.2. The zero-order valence-corrected chi connectivity index (χ0v) is 16.7. The maximum absolute atomic E-state index is 12.0. The number of thioether (sulfide) groups is 1. The highest BCUT2D eigenvalue weighted by Crippen LogP contribution is 2.27. The van der Waals surface area contributed by atoms with Crippen LogP contribution in [0.15, 0.2) is 18.2 Å². The van der Waals surface area contributed by atoms with E-state index in [1.54, 1.807) is 6.07 Å². The first-order valence-corrected chi connectivity index (χ1v) is 10.4. The SMILES string of the molecule is CCCC(C)c1nnc(NC(=O)CSCc2ccc(Cl)c(Cl)c2)s1. The van der Waals surface area contributed by atoms with Crippen LogP contribution in [-0.4, -0.2) is 21.9 Å². The molecular formula is C16H19Cl2N3OS2. The molecule has 1 aromatic heterocycles. The lowest BCUT2D eigenvalue weighted by Crippen LogP contribution is -2.14. The molecule has 1 amide bonds. The van der Waals surface area contributed by atoms with Crippen molar-refractivity contribution in [1.82, 2.24) is 10.2 Å². The van der Waals surface area contributed by atoms with Gasteiger partial charge < -0.3 is 0 Å². The van der Waals surface area contributed by atoms with Crippen LogP contribution in [0.4, 0.5) is 5.13 Å². The number of hydrogen-bond donors (Lipinski definition) is 1. The molecular weight excluding hydrogens is 385 g/mol. The van der Waals surface area contributed by atoms with Crippen LogP contribution in [0.3, 0.4) is 0 Å². The molecule has 24 heavy (non-hydrogen) atoms. The molecule has 1 unspecified atom stereocenters. The highest BCUT2D eigenvalue weighted by molar-refractivity contribution is 7.99. The Morgan fingerprint density at radius 2 is 2.12 bits per heavy atom. The van der Waals surface area contributed by atoms with Gasteiger partial charge in [0, 0.05) is 11.7 Å². The van der Waals surface area contributed by atoms with E-state index >= 15 is 0 Å². The number of carbonyl (C=O) groups is 1. The van der Waals surface area contributed by atoms with Crippen LogP contribution >= 0.6 is 46.3 Å². The van der Waals surface area contributed by atoms with Crippen LogP contribution in [0.5, 0.6) is 0 Å². The van der Waals surface area contributed by atoms with Crippen molar-refractivity contribution in [3.63, 3.8) is 0 Å². The molecule has 1 aromatic carbocycles. The summed E-state index contributed by atoms with van der Waals surface area (Å²) in [5, 5.41) is 13.6. The second kappa shape index (κ2) is 9.61. The molecule has 0 saturated carbocycles. The number of anilines is 1. The summed E-state index contributed by atoms with van der Waals surface area (Å²) in [5.41, 5.74) is 1.04. The highest BCUT2D eigenvalue weighted by atomic mass is 35.5. The van der Waals surface area contributed by atoms with E-state index in [1.165, 1.54) is 23.1 Å². The maximum Gasteiger partial charge on any atom is 0.236 e. The van der Waals surface area contributed by atoms with Gasteiger partial charge in [-0.2, -0.15) is 0 Å². The van der Waals surface area contributed by atoms with Crippen molar-refractivity contribution in [1.29, 1.82) is 0 Å². The predicted molar refractivity (Wildman–Crippen MR) is 104 cm³/mol. The monoisotopic (exact) mass is 403 g/mol. The van der Waals surface area contributed by atoms with Gasteiger partial charge in [0.05, 0.1) is 15.8 Å². The Morgan fingerprint density at radius 1 is 1.33 bits per heavy atom. The Morgan fingerprint density at radius 3 is 2.83 bits per heavy atom. The molecule has 4 nitrogen and oxygen atoms in total. The molecule has 2 rings (SSSR count). The van der Waals surface area contributed by atoms with Crippen LogP contribution in [-0.2, 0) is 10.5 Å². The van der Waals surface area contributed by atoms with Gasteiger partial charge in [-0.15, -0.1) is 22.0 Å². The summed E-state index contributed by atoms with van der Waals surface area (Å²) in [4.78, 5) is 12.0. The number of amides is 1. The average Bonchev–Trinajstić information content (AvgIpc) is 2.99. The Hall–Kier alpha value is -0.820. The Balaban J connectivity index is 1.78. The smallest absolute Gasteiger partial charge is 0.236 e. The summed E-state index contributed by atoms with van der Waals surface area (Å²) in [6, 6.07) is 5.49. The van der Waals surface area contributed by atoms with Gasteiger partial charge in [-0.3, -0.25) is 10.1 Å². The van der Waals surface area contributed by atoms with Crippen molar-refractivity contribution in [2.45, 2.75) is 38.4 Å². The van der Waals surface area contributed by atoms with Crippen molar-refractivity contribution >= 4 is 57.3 Å². The van der Waals surface area contributed by atoms with E-state index in [4.69, 9.17) is 23.2 Å². The molecule has 1 heterocycles. The molecule has 1 atom stereocenters. The third-order valence-electron chi connectivity index (χ3n) is 3.32. The zero-order chi connectivity index (χ0) is 17.5. The Bertz CT molecular complexity index is 694. The van der Waals surface area contributed by atoms with Gasteiger partial charge in [-0.25, -0.2) is 0 Å². The summed E-state index contributed by atoms with van der Waals surface area (Å²) in [5.74, 6) is 1.34. The maximum atomic E-state index is 12.0. The van der Waals surface area contributed by atoms with Crippen LogP contribution in [0.2, 0.25) is 10.0 Å². The Kier molecular flexibility index (Phi) is 7.81. The molecule has 0 bridgehead atoms. The lowest BCUT2D eigenvalue weighted by atomic mass is 10.1. The topological polar surface area (TPSA) is 54.9 Å². The third kappa shape index (κ3) is 5.92. The molecule has 0 fully saturated rings. The van der Waals surface area contributed by atoms with E-state index in [0.29, 0.717) is 32.6 Å². The van der Waals surface area contributed by atoms with Gasteiger partial charge >= 0.3 is 0 Å². The molecule has 0 radical (unpaired) electrons. The minimum atomic E-state index is -0.0779. The quantitative estimate of drug-likeness (QED) is 0.620. The number of benzene rings is 1. The lowest BCUT2D eigenvalue weighted by molar-refractivity contribution is -0.113. The first-order chi connectivity index (χ1) is 11.5. The molecule has 0 saturated heterocycles. The number of rotatable bonds is 8. The van der Waals surface area contributed by atoms with E-state index in [2.05, 4.69) is 29.4 Å². The Labute approximate surface area is 160 Å². The highest BCUT2D eigenvalue weighted by Gasteiger charge is 2.13. The van der Waals surface area contributed by atoms with Crippen LogP contribution in [0, 0.1) is 0 Å². The van der Waals surface area contributed by atoms with Gasteiger partial charge in [0.25, 0.3) is 0 Å². The first-order valence-electron chi connectivity index (χ1n) is 7.64. The van der Waals surface area contributed by atoms with E-state index in [0.717, 1.165) is 23.4 Å². The van der Waals surface area contributed by atoms with Gasteiger partial charge in [0.15, 0.2) is 0 Å². The fourth-order valence-electron chi connectivity index (χ4n) is 2.09. The minimum Gasteiger partial charge on any atom is -0.300 e. The van der Waals surface area contributed by atoms with E-state index in [1.807, 2.05) is 12.1 Å². The summed E-state index contributed by atoms with van der Waals surface area (Å²) < 4.78 is 0. The van der Waals surface area contributed by atoms with Crippen molar-refractivity contribution in [2.75, 3.05) is 11.1 Å². The summed E-state index contributed by atoms with van der Waals surface area (Å²) in [6.45, 7) is 4.27. The third-order valence-corrected chi connectivity index (χ3v) is 6.13. The number of nitrogens with zero attached hydrogens (tertiary/aromatic N) is 2. The van der Waals surface area contributed by atoms with Crippen LogP contribution in [0.25, 0.3) is 0 Å². The molecule has 0 spiro atoms. The average molecular weight is 404 g/mol. The number of nitrogens with one attached hydrogen (secondary N) is 1. The lowest BCUT2D eigenvalue weighted by Gasteiger charge is -2.04. The fraction of sp³-hybridized carbons (Fsp3) is 0.438. The van der Waals surface area contributed by atoms with Crippen LogP contribution < -0.4 is 5.32 Å². The molecule has 2 aromatic rings. The van der Waals surface area contributed by atoms with Crippen molar-refractivity contribution < 1.29 is 4.79 Å². The number of halogens is 2. The zero-order valence-electron chi connectivity index (χ0n) is 13.5. The number of aromatic nitrogens is 2. The van der Waals surface area contributed by atoms with E-state index in [9.17, 15) is 4.79 Å². The summed E-state index contributed by atoms with van der Waals surface area (Å²) >= 11 is 14.8. The van der Waals surface area contributed by atoms with Gasteiger partial charge in [0.2, 0.25) is 11.0 Å². The largest absolute Gasteiger partial charge is 0.300 e. The molecule has 0 aliphatic carbocycles. The first kappa shape index (κ1) is 19.5. The van der Waals surface area contributed by atoms with Crippen molar-refractivity contribution in [3.05, 3.63) is 38.8 Å². The summed E-state index contributed by atoms with van der Waals surface area (Å²) in [7, 11) is 0.